The first-order valence-electron chi connectivity index (χ1n) is 9.39. The molecule has 0 N–H and O–H groups in total. The number of benzene rings is 2. The molecule has 8 nitrogen and oxygen atoms in total. The molecule has 10 heteroatoms. The lowest BCUT2D eigenvalue weighted by molar-refractivity contribution is -0.385. The highest BCUT2D eigenvalue weighted by molar-refractivity contribution is 7.22. The Kier molecular flexibility index (Phi) is 7.94. The van der Waals surface area contributed by atoms with Gasteiger partial charge in [-0.2, -0.15) is 0 Å². The van der Waals surface area contributed by atoms with Gasteiger partial charge in [-0.25, -0.2) is 4.98 Å². The van der Waals surface area contributed by atoms with Crippen LogP contribution in [0.3, 0.4) is 0 Å². The molecule has 1 heterocycles. The molecule has 0 radical (unpaired) electrons. The molecule has 0 unspecified atom stereocenters. The molecule has 0 bridgehead atoms. The van der Waals surface area contributed by atoms with Crippen LogP contribution in [-0.4, -0.2) is 55.0 Å². The normalized spacial score (nSPS) is 10.8. The molecule has 0 saturated carbocycles. The van der Waals surface area contributed by atoms with Crippen LogP contribution in [0.5, 0.6) is 5.75 Å². The highest BCUT2D eigenvalue weighted by Gasteiger charge is 2.26. The van der Waals surface area contributed by atoms with Gasteiger partial charge in [0.25, 0.3) is 11.6 Å². The van der Waals surface area contributed by atoms with Gasteiger partial charge in [-0.15, -0.1) is 12.4 Å². The number of likely N-dealkylation sites (N-methyl/N-ethyl adjacent to an activating group) is 1. The number of methoxy groups -OCH3 is 1. The Bertz CT molecular complexity index is 1120. The molecule has 0 aliphatic heterocycles. The summed E-state index contributed by atoms with van der Waals surface area (Å²) >= 11 is 1.41. The second-order valence-electron chi connectivity index (χ2n) is 7.23. The van der Waals surface area contributed by atoms with Crippen molar-refractivity contribution >= 4 is 50.7 Å². The Labute approximate surface area is 191 Å². The third-order valence-corrected chi connectivity index (χ3v) is 6.10. The van der Waals surface area contributed by atoms with Gasteiger partial charge in [0.15, 0.2) is 5.13 Å². The summed E-state index contributed by atoms with van der Waals surface area (Å²) in [4.78, 5) is 32.6. The Morgan fingerprint density at radius 2 is 1.90 bits per heavy atom. The van der Waals surface area contributed by atoms with Crippen molar-refractivity contribution in [2.75, 3.05) is 39.2 Å². The van der Waals surface area contributed by atoms with Crippen LogP contribution in [0, 0.1) is 24.0 Å². The molecule has 0 fully saturated rings. The maximum Gasteiger partial charge on any atom is 0.273 e. The summed E-state index contributed by atoms with van der Waals surface area (Å²) in [6.07, 6.45) is 0. The first kappa shape index (κ1) is 24.5. The number of aromatic nitrogens is 1. The number of nitro benzene ring substituents is 1. The highest BCUT2D eigenvalue weighted by Crippen LogP contribution is 2.37. The topological polar surface area (TPSA) is 88.8 Å². The van der Waals surface area contributed by atoms with Crippen molar-refractivity contribution in [3.63, 3.8) is 0 Å². The number of fused-ring (bicyclic) bond motifs is 1. The van der Waals surface area contributed by atoms with Crippen molar-refractivity contribution in [1.82, 2.24) is 9.88 Å². The van der Waals surface area contributed by atoms with Gasteiger partial charge in [-0.3, -0.25) is 19.8 Å². The number of nitrogens with zero attached hydrogens (tertiary/aromatic N) is 4. The average molecular weight is 465 g/mol. The SMILES string of the molecule is COc1ccc(C)c2sc(N(CCN(C)C)C(=O)c3cccc([N+](=O)[O-])c3C)nc12.Cl. The Morgan fingerprint density at radius 1 is 1.19 bits per heavy atom. The number of carbonyl (C=O) groups excluding carboxylic acids is 1. The lowest BCUT2D eigenvalue weighted by atomic mass is 10.1. The van der Waals surface area contributed by atoms with Crippen LogP contribution in [0.1, 0.15) is 21.5 Å². The minimum Gasteiger partial charge on any atom is -0.494 e. The van der Waals surface area contributed by atoms with Crippen molar-refractivity contribution in [3.05, 3.63) is 57.1 Å². The van der Waals surface area contributed by atoms with Crippen LogP contribution in [0.2, 0.25) is 0 Å². The van der Waals surface area contributed by atoms with Crippen LogP contribution in [0.4, 0.5) is 10.8 Å². The van der Waals surface area contributed by atoms with Gasteiger partial charge in [0.1, 0.15) is 11.3 Å². The second-order valence-corrected chi connectivity index (χ2v) is 8.20. The van der Waals surface area contributed by atoms with Crippen LogP contribution in [-0.2, 0) is 0 Å². The average Bonchev–Trinajstić information content (AvgIpc) is 3.14. The number of halogens is 1. The minimum absolute atomic E-state index is 0. The number of aryl methyl sites for hydroxylation is 1. The summed E-state index contributed by atoms with van der Waals surface area (Å²) in [5.41, 5.74) is 2.32. The van der Waals surface area contributed by atoms with Gasteiger partial charge in [0.05, 0.1) is 16.7 Å². The number of anilines is 1. The predicted molar refractivity (Wildman–Crippen MR) is 126 cm³/mol. The lowest BCUT2D eigenvalue weighted by Crippen LogP contribution is -2.37. The number of thiazole rings is 1. The molecule has 1 aromatic heterocycles. The van der Waals surface area contributed by atoms with E-state index in [0.29, 0.717) is 40.6 Å². The van der Waals surface area contributed by atoms with Crippen LogP contribution in [0.15, 0.2) is 30.3 Å². The third-order valence-electron chi connectivity index (χ3n) is 4.89. The summed E-state index contributed by atoms with van der Waals surface area (Å²) in [5, 5.41) is 11.9. The van der Waals surface area contributed by atoms with Gasteiger partial charge in [-0.1, -0.05) is 23.5 Å². The van der Waals surface area contributed by atoms with Crippen molar-refractivity contribution in [1.29, 1.82) is 0 Å². The maximum absolute atomic E-state index is 13.5. The summed E-state index contributed by atoms with van der Waals surface area (Å²) in [6, 6.07) is 8.38. The monoisotopic (exact) mass is 464 g/mol. The zero-order valence-corrected chi connectivity index (χ0v) is 19.7. The summed E-state index contributed by atoms with van der Waals surface area (Å²) < 4.78 is 6.38. The zero-order valence-electron chi connectivity index (χ0n) is 18.0. The Hall–Kier alpha value is -2.75. The van der Waals surface area contributed by atoms with Gasteiger partial charge >= 0.3 is 0 Å². The van der Waals surface area contributed by atoms with E-state index < -0.39 is 4.92 Å². The van der Waals surface area contributed by atoms with Gasteiger partial charge in [0.2, 0.25) is 0 Å². The van der Waals surface area contributed by atoms with E-state index in [0.717, 1.165) is 10.3 Å². The van der Waals surface area contributed by atoms with E-state index in [1.807, 2.05) is 38.1 Å². The quantitative estimate of drug-likeness (QED) is 0.379. The number of carbonyl (C=O) groups is 1. The summed E-state index contributed by atoms with van der Waals surface area (Å²) in [6.45, 7) is 4.60. The first-order chi connectivity index (χ1) is 14.2. The van der Waals surface area contributed by atoms with Gasteiger partial charge in [0, 0.05) is 30.3 Å². The molecule has 0 saturated heterocycles. The second kappa shape index (κ2) is 10.0. The molecule has 3 rings (SSSR count). The molecule has 1 amide bonds. The van der Waals surface area contributed by atoms with E-state index in [4.69, 9.17) is 9.72 Å². The standard InChI is InChI=1S/C21H24N4O4S.ClH/c1-13-9-10-17(29-5)18-19(13)30-21(22-18)24(12-11-23(3)4)20(26)15-7-6-8-16(14(15)2)25(27)28;/h6-10H,11-12H2,1-5H3;1H. The maximum atomic E-state index is 13.5. The molecule has 0 spiro atoms. The van der Waals surface area contributed by atoms with E-state index in [1.54, 1.807) is 25.0 Å². The number of hydrogen-bond acceptors (Lipinski definition) is 7. The van der Waals surface area contributed by atoms with Crippen LogP contribution >= 0.6 is 23.7 Å². The van der Waals surface area contributed by atoms with Crippen molar-refractivity contribution in [2.24, 2.45) is 0 Å². The molecule has 31 heavy (non-hydrogen) atoms. The van der Waals surface area contributed by atoms with Crippen molar-refractivity contribution in [2.45, 2.75) is 13.8 Å². The molecule has 0 aliphatic rings. The fraction of sp³-hybridized carbons (Fsp3) is 0.333. The Balaban J connectivity index is 0.00000341. The zero-order chi connectivity index (χ0) is 22.0. The van der Waals surface area contributed by atoms with E-state index in [9.17, 15) is 14.9 Å². The Morgan fingerprint density at radius 3 is 2.52 bits per heavy atom. The van der Waals surface area contributed by atoms with E-state index in [-0.39, 0.29) is 24.0 Å². The number of nitro groups is 1. The fourth-order valence-electron chi connectivity index (χ4n) is 3.16. The van der Waals surface area contributed by atoms with Crippen molar-refractivity contribution < 1.29 is 14.5 Å². The molecule has 2 aromatic carbocycles. The number of amides is 1. The highest BCUT2D eigenvalue weighted by atomic mass is 35.5. The summed E-state index contributed by atoms with van der Waals surface area (Å²) in [5.74, 6) is 0.332. The number of hydrogen-bond donors (Lipinski definition) is 0. The molecule has 3 aromatic rings. The van der Waals surface area contributed by atoms with Crippen molar-refractivity contribution in [3.8, 4) is 5.75 Å². The number of ether oxygens (including phenoxy) is 1. The van der Waals surface area contributed by atoms with Crippen LogP contribution in [0.25, 0.3) is 10.2 Å². The van der Waals surface area contributed by atoms with E-state index >= 15 is 0 Å². The van der Waals surface area contributed by atoms with Gasteiger partial charge in [-0.05, 0) is 45.6 Å². The molecular weight excluding hydrogens is 440 g/mol. The first-order valence-corrected chi connectivity index (χ1v) is 10.2. The minimum atomic E-state index is -0.470. The fourth-order valence-corrected chi connectivity index (χ4v) is 4.24. The van der Waals surface area contributed by atoms with Crippen LogP contribution < -0.4 is 9.64 Å². The van der Waals surface area contributed by atoms with E-state index in [2.05, 4.69) is 0 Å². The summed E-state index contributed by atoms with van der Waals surface area (Å²) in [7, 11) is 5.43. The smallest absolute Gasteiger partial charge is 0.273 e. The number of rotatable bonds is 7. The van der Waals surface area contributed by atoms with E-state index in [1.165, 1.54) is 23.5 Å². The van der Waals surface area contributed by atoms with Gasteiger partial charge < -0.3 is 9.64 Å². The predicted octanol–water partition coefficient (Wildman–Crippen LogP) is 4.46. The largest absolute Gasteiger partial charge is 0.494 e. The molecule has 0 atom stereocenters. The molecule has 0 aliphatic carbocycles. The third kappa shape index (κ3) is 4.95. The lowest BCUT2D eigenvalue weighted by Gasteiger charge is -2.22. The molecular formula is C21H25ClN4O4S. The molecule has 166 valence electrons.